The van der Waals surface area contributed by atoms with Gasteiger partial charge in [-0.05, 0) is 48.7 Å². The number of hydrogen-bond donors (Lipinski definition) is 0. The van der Waals surface area contributed by atoms with Crippen LogP contribution in [0.25, 0.3) is 33.1 Å². The van der Waals surface area contributed by atoms with Crippen molar-refractivity contribution >= 4 is 21.9 Å². The van der Waals surface area contributed by atoms with Gasteiger partial charge in [0.05, 0.1) is 22.2 Å². The Bertz CT molecular complexity index is 1010. The van der Waals surface area contributed by atoms with Crippen LogP contribution in [0.15, 0.2) is 54.9 Å². The summed E-state index contributed by atoms with van der Waals surface area (Å²) in [4.78, 5) is 13.5. The second-order valence-electron chi connectivity index (χ2n) is 5.53. The fourth-order valence-electron chi connectivity index (χ4n) is 2.87. The van der Waals surface area contributed by atoms with Crippen molar-refractivity contribution in [2.75, 3.05) is 0 Å². The third kappa shape index (κ3) is 2.02. The van der Waals surface area contributed by atoms with Crippen LogP contribution in [0, 0.1) is 13.8 Å². The van der Waals surface area contributed by atoms with Crippen molar-refractivity contribution < 1.29 is 0 Å². The van der Waals surface area contributed by atoms with E-state index in [0.29, 0.717) is 0 Å². The van der Waals surface area contributed by atoms with Crippen LogP contribution in [0.3, 0.4) is 0 Å². The van der Waals surface area contributed by atoms with Gasteiger partial charge >= 0.3 is 0 Å². The van der Waals surface area contributed by atoms with Gasteiger partial charge in [0.1, 0.15) is 0 Å². The minimum atomic E-state index is 0.920. The fourth-order valence-corrected chi connectivity index (χ4v) is 2.87. The van der Waals surface area contributed by atoms with E-state index in [0.717, 1.165) is 27.8 Å². The van der Waals surface area contributed by atoms with Gasteiger partial charge in [-0.1, -0.05) is 24.3 Å². The molecule has 22 heavy (non-hydrogen) atoms. The molecule has 0 aliphatic heterocycles. The van der Waals surface area contributed by atoms with Crippen molar-refractivity contribution in [3.8, 4) is 11.1 Å². The molecule has 4 aromatic rings. The molecule has 0 saturated carbocycles. The largest absolute Gasteiger partial charge is 0.256 e. The first-order valence-corrected chi connectivity index (χ1v) is 7.30. The third-order valence-electron chi connectivity index (χ3n) is 4.00. The van der Waals surface area contributed by atoms with Crippen molar-refractivity contribution in [2.45, 2.75) is 13.8 Å². The molecule has 0 aliphatic rings. The second kappa shape index (κ2) is 4.88. The maximum absolute atomic E-state index is 4.51. The minimum absolute atomic E-state index is 0.920. The van der Waals surface area contributed by atoms with Gasteiger partial charge in [-0.3, -0.25) is 9.97 Å². The Labute approximate surface area is 128 Å². The lowest BCUT2D eigenvalue weighted by atomic mass is 9.97. The molecule has 0 N–H and O–H groups in total. The summed E-state index contributed by atoms with van der Waals surface area (Å²) in [6.45, 7) is 4.08. The summed E-state index contributed by atoms with van der Waals surface area (Å²) in [7, 11) is 0. The van der Waals surface area contributed by atoms with E-state index in [4.69, 9.17) is 0 Å². The van der Waals surface area contributed by atoms with Gasteiger partial charge in [0.25, 0.3) is 0 Å². The number of rotatable bonds is 1. The van der Waals surface area contributed by atoms with Crippen molar-refractivity contribution in [2.24, 2.45) is 0 Å². The van der Waals surface area contributed by atoms with E-state index in [-0.39, 0.29) is 0 Å². The van der Waals surface area contributed by atoms with Crippen LogP contribution in [0.4, 0.5) is 0 Å². The van der Waals surface area contributed by atoms with Crippen LogP contribution in [-0.2, 0) is 0 Å². The number of fused-ring (bicyclic) bond motifs is 2. The molecule has 0 spiro atoms. The summed E-state index contributed by atoms with van der Waals surface area (Å²) in [5, 5.41) is 1.17. The van der Waals surface area contributed by atoms with E-state index in [9.17, 15) is 0 Å². The second-order valence-corrected chi connectivity index (χ2v) is 5.53. The van der Waals surface area contributed by atoms with Crippen LogP contribution >= 0.6 is 0 Å². The highest BCUT2D eigenvalue weighted by molar-refractivity contribution is 5.90. The first kappa shape index (κ1) is 12.9. The highest BCUT2D eigenvalue weighted by Gasteiger charge is 2.08. The Balaban J connectivity index is 1.94. The van der Waals surface area contributed by atoms with E-state index >= 15 is 0 Å². The summed E-state index contributed by atoms with van der Waals surface area (Å²) in [6, 6.07) is 14.6. The zero-order valence-electron chi connectivity index (χ0n) is 12.5. The number of aryl methyl sites for hydroxylation is 2. The van der Waals surface area contributed by atoms with E-state index in [1.807, 2.05) is 25.3 Å². The smallest absolute Gasteiger partial charge is 0.0893 e. The molecule has 0 amide bonds. The van der Waals surface area contributed by atoms with E-state index in [1.165, 1.54) is 16.5 Å². The third-order valence-corrected chi connectivity index (χ3v) is 4.00. The van der Waals surface area contributed by atoms with Gasteiger partial charge in [0.2, 0.25) is 0 Å². The standard InChI is InChI=1S/C19H15N3/c1-12-11-21-18-10-15(6-8-17(18)22-12)16-7-5-14-4-3-9-20-19(14)13(16)2/h3-11H,1-2H3. The molecule has 3 nitrogen and oxygen atoms in total. The van der Waals surface area contributed by atoms with Gasteiger partial charge in [0.15, 0.2) is 0 Å². The SMILES string of the molecule is Cc1cnc2cc(-c3ccc4cccnc4c3C)ccc2n1. The van der Waals surface area contributed by atoms with Crippen molar-refractivity contribution in [3.05, 3.63) is 66.1 Å². The average Bonchev–Trinajstić information content (AvgIpc) is 2.55. The molecule has 3 heteroatoms. The van der Waals surface area contributed by atoms with E-state index in [1.54, 1.807) is 6.20 Å². The molecular formula is C19H15N3. The lowest BCUT2D eigenvalue weighted by Gasteiger charge is -2.09. The average molecular weight is 285 g/mol. The molecule has 0 saturated heterocycles. The van der Waals surface area contributed by atoms with Gasteiger partial charge in [-0.2, -0.15) is 0 Å². The van der Waals surface area contributed by atoms with Crippen LogP contribution in [0.5, 0.6) is 0 Å². The van der Waals surface area contributed by atoms with Gasteiger partial charge in [-0.25, -0.2) is 4.98 Å². The predicted molar refractivity (Wildman–Crippen MR) is 89.7 cm³/mol. The van der Waals surface area contributed by atoms with Crippen LogP contribution in [0.1, 0.15) is 11.3 Å². The molecule has 2 aromatic carbocycles. The predicted octanol–water partition coefficient (Wildman–Crippen LogP) is 4.46. The molecule has 4 rings (SSSR count). The van der Waals surface area contributed by atoms with Crippen molar-refractivity contribution in [1.82, 2.24) is 15.0 Å². The number of benzene rings is 2. The first-order valence-electron chi connectivity index (χ1n) is 7.30. The topological polar surface area (TPSA) is 38.7 Å². The van der Waals surface area contributed by atoms with Crippen LogP contribution < -0.4 is 0 Å². The fraction of sp³-hybridized carbons (Fsp3) is 0.105. The summed E-state index contributed by atoms with van der Waals surface area (Å²) < 4.78 is 0. The zero-order chi connectivity index (χ0) is 15.1. The normalized spacial score (nSPS) is 11.2. The van der Waals surface area contributed by atoms with Crippen LogP contribution in [0.2, 0.25) is 0 Å². The maximum atomic E-state index is 4.51. The van der Waals surface area contributed by atoms with E-state index in [2.05, 4.69) is 52.2 Å². The Hall–Kier alpha value is -2.81. The number of pyridine rings is 1. The molecule has 2 aromatic heterocycles. The molecule has 0 bridgehead atoms. The van der Waals surface area contributed by atoms with Crippen LogP contribution in [-0.4, -0.2) is 15.0 Å². The molecular weight excluding hydrogens is 270 g/mol. The van der Waals surface area contributed by atoms with Gasteiger partial charge in [-0.15, -0.1) is 0 Å². The molecule has 0 fully saturated rings. The van der Waals surface area contributed by atoms with E-state index < -0.39 is 0 Å². The highest BCUT2D eigenvalue weighted by atomic mass is 14.8. The summed E-state index contributed by atoms with van der Waals surface area (Å²) in [5.41, 5.74) is 7.37. The van der Waals surface area contributed by atoms with Gasteiger partial charge < -0.3 is 0 Å². The number of nitrogens with zero attached hydrogens (tertiary/aromatic N) is 3. The number of aromatic nitrogens is 3. The molecule has 0 aliphatic carbocycles. The zero-order valence-corrected chi connectivity index (χ0v) is 12.5. The molecule has 2 heterocycles. The quantitative estimate of drug-likeness (QED) is 0.518. The number of hydrogen-bond acceptors (Lipinski definition) is 3. The monoisotopic (exact) mass is 285 g/mol. The summed E-state index contributed by atoms with van der Waals surface area (Å²) >= 11 is 0. The Kier molecular flexibility index (Phi) is 2.86. The minimum Gasteiger partial charge on any atom is -0.256 e. The van der Waals surface area contributed by atoms with Crippen molar-refractivity contribution in [3.63, 3.8) is 0 Å². The summed E-state index contributed by atoms with van der Waals surface area (Å²) in [6.07, 6.45) is 3.65. The Morgan fingerprint density at radius 3 is 2.68 bits per heavy atom. The lowest BCUT2D eigenvalue weighted by molar-refractivity contribution is 1.18. The molecule has 0 unspecified atom stereocenters. The van der Waals surface area contributed by atoms with Crippen molar-refractivity contribution in [1.29, 1.82) is 0 Å². The molecule has 0 radical (unpaired) electrons. The molecule has 106 valence electrons. The first-order chi connectivity index (χ1) is 10.7. The van der Waals surface area contributed by atoms with Gasteiger partial charge in [0, 0.05) is 17.8 Å². The maximum Gasteiger partial charge on any atom is 0.0893 e. The molecule has 0 atom stereocenters. The summed E-state index contributed by atoms with van der Waals surface area (Å²) in [5.74, 6) is 0. The Morgan fingerprint density at radius 2 is 1.77 bits per heavy atom. The highest BCUT2D eigenvalue weighted by Crippen LogP contribution is 2.29. The lowest BCUT2D eigenvalue weighted by Crippen LogP contribution is -1.90. The Morgan fingerprint density at radius 1 is 0.864 bits per heavy atom.